The van der Waals surface area contributed by atoms with Gasteiger partial charge in [0, 0.05) is 37.9 Å². The van der Waals surface area contributed by atoms with Gasteiger partial charge in [0.2, 0.25) is 5.91 Å². The molecule has 6 heteroatoms. The first kappa shape index (κ1) is 17.6. The second kappa shape index (κ2) is 8.76. The molecule has 2 aromatic rings. The van der Waals surface area contributed by atoms with E-state index in [9.17, 15) is 9.59 Å². The van der Waals surface area contributed by atoms with Gasteiger partial charge < -0.3 is 10.2 Å². The van der Waals surface area contributed by atoms with Crippen LogP contribution < -0.4 is 5.32 Å². The van der Waals surface area contributed by atoms with Gasteiger partial charge in [-0.15, -0.1) is 0 Å². The summed E-state index contributed by atoms with van der Waals surface area (Å²) in [5.41, 5.74) is 1.27. The quantitative estimate of drug-likeness (QED) is 0.845. The molecule has 0 radical (unpaired) electrons. The molecule has 2 rings (SSSR count). The molecular formula is C18H22N4O2. The Labute approximate surface area is 141 Å². The second-order valence-electron chi connectivity index (χ2n) is 5.78. The number of hydrogen-bond acceptors (Lipinski definition) is 4. The van der Waals surface area contributed by atoms with Crippen molar-refractivity contribution in [2.75, 3.05) is 6.54 Å². The average molecular weight is 326 g/mol. The summed E-state index contributed by atoms with van der Waals surface area (Å²) >= 11 is 0. The summed E-state index contributed by atoms with van der Waals surface area (Å²) in [5, 5.41) is 2.84. The van der Waals surface area contributed by atoms with Crippen molar-refractivity contribution in [3.8, 4) is 0 Å². The number of carbonyl (C=O) groups excluding carboxylic acids is 2. The average Bonchev–Trinajstić information content (AvgIpc) is 2.59. The van der Waals surface area contributed by atoms with E-state index in [1.54, 1.807) is 4.90 Å². The van der Waals surface area contributed by atoms with Gasteiger partial charge in [-0.1, -0.05) is 30.3 Å². The zero-order valence-corrected chi connectivity index (χ0v) is 14.0. The first-order chi connectivity index (χ1) is 11.6. The maximum Gasteiger partial charge on any atom is 0.274 e. The molecule has 0 fully saturated rings. The van der Waals surface area contributed by atoms with E-state index >= 15 is 0 Å². The van der Waals surface area contributed by atoms with E-state index in [2.05, 4.69) is 15.3 Å². The Kier molecular flexibility index (Phi) is 6.42. The number of carbonyl (C=O) groups is 2. The number of aromatic nitrogens is 2. The number of nitrogens with one attached hydrogen (secondary N) is 1. The van der Waals surface area contributed by atoms with Gasteiger partial charge in [-0.05, 0) is 19.4 Å². The van der Waals surface area contributed by atoms with Gasteiger partial charge in [-0.2, -0.15) is 0 Å². The van der Waals surface area contributed by atoms with Crippen molar-refractivity contribution in [2.24, 2.45) is 0 Å². The predicted octanol–water partition coefficient (Wildman–Crippen LogP) is 2.03. The predicted molar refractivity (Wildman–Crippen MR) is 91.1 cm³/mol. The van der Waals surface area contributed by atoms with E-state index < -0.39 is 0 Å². The summed E-state index contributed by atoms with van der Waals surface area (Å²) in [6.45, 7) is 4.56. The van der Waals surface area contributed by atoms with Crippen molar-refractivity contribution in [1.29, 1.82) is 0 Å². The smallest absolute Gasteiger partial charge is 0.274 e. The molecule has 1 heterocycles. The molecule has 24 heavy (non-hydrogen) atoms. The van der Waals surface area contributed by atoms with Crippen molar-refractivity contribution >= 4 is 11.8 Å². The van der Waals surface area contributed by atoms with Gasteiger partial charge in [0.05, 0.1) is 6.20 Å². The van der Waals surface area contributed by atoms with Gasteiger partial charge in [0.1, 0.15) is 5.69 Å². The van der Waals surface area contributed by atoms with Crippen molar-refractivity contribution < 1.29 is 9.59 Å². The Bertz CT molecular complexity index is 659. The number of nitrogens with zero attached hydrogens (tertiary/aromatic N) is 3. The largest absolute Gasteiger partial charge is 0.354 e. The van der Waals surface area contributed by atoms with Crippen LogP contribution in [0.2, 0.25) is 0 Å². The van der Waals surface area contributed by atoms with Gasteiger partial charge in [-0.25, -0.2) is 4.98 Å². The molecule has 1 N–H and O–H groups in total. The maximum absolute atomic E-state index is 12.7. The Morgan fingerprint density at radius 3 is 2.54 bits per heavy atom. The van der Waals surface area contributed by atoms with Crippen LogP contribution in [-0.4, -0.2) is 39.3 Å². The first-order valence-electron chi connectivity index (χ1n) is 7.95. The maximum atomic E-state index is 12.7. The van der Waals surface area contributed by atoms with Crippen molar-refractivity contribution in [3.63, 3.8) is 0 Å². The van der Waals surface area contributed by atoms with E-state index in [-0.39, 0.29) is 30.0 Å². The molecule has 0 aliphatic rings. The summed E-state index contributed by atoms with van der Waals surface area (Å²) in [7, 11) is 0. The highest BCUT2D eigenvalue weighted by Crippen LogP contribution is 2.09. The van der Waals surface area contributed by atoms with Crippen LogP contribution in [0.1, 0.15) is 36.3 Å². The lowest BCUT2D eigenvalue weighted by atomic mass is 10.2. The normalized spacial score (nSPS) is 10.5. The summed E-state index contributed by atoms with van der Waals surface area (Å²) in [4.78, 5) is 34.2. The van der Waals surface area contributed by atoms with Gasteiger partial charge >= 0.3 is 0 Å². The Morgan fingerprint density at radius 2 is 1.92 bits per heavy atom. The fraction of sp³-hybridized carbons (Fsp3) is 0.333. The summed E-state index contributed by atoms with van der Waals surface area (Å²) in [6, 6.07) is 9.75. The minimum absolute atomic E-state index is 0.0741. The van der Waals surface area contributed by atoms with Crippen LogP contribution in [0.3, 0.4) is 0 Å². The fourth-order valence-corrected chi connectivity index (χ4v) is 2.26. The molecule has 1 aromatic heterocycles. The number of benzene rings is 1. The Hall–Kier alpha value is -2.76. The lowest BCUT2D eigenvalue weighted by Crippen LogP contribution is -2.37. The Balaban J connectivity index is 2.09. The van der Waals surface area contributed by atoms with Crippen LogP contribution in [0.5, 0.6) is 0 Å². The highest BCUT2D eigenvalue weighted by molar-refractivity contribution is 5.92. The topological polar surface area (TPSA) is 75.2 Å². The first-order valence-corrected chi connectivity index (χ1v) is 7.95. The minimum atomic E-state index is -0.232. The zero-order valence-electron chi connectivity index (χ0n) is 14.0. The van der Waals surface area contributed by atoms with Gasteiger partial charge in [0.15, 0.2) is 0 Å². The highest BCUT2D eigenvalue weighted by Gasteiger charge is 2.18. The van der Waals surface area contributed by atoms with Crippen LogP contribution in [0.15, 0.2) is 48.9 Å². The molecule has 0 aliphatic carbocycles. The number of rotatable bonds is 7. The third kappa shape index (κ3) is 5.46. The van der Waals surface area contributed by atoms with Crippen LogP contribution >= 0.6 is 0 Å². The van der Waals surface area contributed by atoms with E-state index in [1.807, 2.05) is 44.2 Å². The molecule has 0 bridgehead atoms. The SMILES string of the molecule is CC(C)NC(=O)CCN(Cc1ccccc1)C(=O)c1cnccn1. The molecule has 6 nitrogen and oxygen atoms in total. The fourth-order valence-electron chi connectivity index (χ4n) is 2.26. The standard InChI is InChI=1S/C18H22N4O2/c1-14(2)21-17(23)8-11-22(13-15-6-4-3-5-7-15)18(24)16-12-19-9-10-20-16/h3-7,9-10,12,14H,8,11,13H2,1-2H3,(H,21,23). The van der Waals surface area contributed by atoms with Crippen molar-refractivity contribution in [2.45, 2.75) is 32.9 Å². The van der Waals surface area contributed by atoms with Crippen LogP contribution in [0, 0.1) is 0 Å². The molecule has 0 spiro atoms. The zero-order chi connectivity index (χ0) is 17.4. The molecule has 0 atom stereocenters. The van der Waals surface area contributed by atoms with Crippen LogP contribution in [0.25, 0.3) is 0 Å². The number of hydrogen-bond donors (Lipinski definition) is 1. The van der Waals surface area contributed by atoms with Gasteiger partial charge in [0.25, 0.3) is 5.91 Å². The van der Waals surface area contributed by atoms with E-state index in [0.29, 0.717) is 13.1 Å². The third-order valence-corrected chi connectivity index (χ3v) is 3.34. The van der Waals surface area contributed by atoms with E-state index in [1.165, 1.54) is 18.6 Å². The molecule has 0 saturated carbocycles. The summed E-state index contributed by atoms with van der Waals surface area (Å²) < 4.78 is 0. The molecule has 126 valence electrons. The third-order valence-electron chi connectivity index (χ3n) is 3.34. The summed E-state index contributed by atoms with van der Waals surface area (Å²) in [6.07, 6.45) is 4.69. The monoisotopic (exact) mass is 326 g/mol. The molecule has 0 unspecified atom stereocenters. The summed E-state index contributed by atoms with van der Waals surface area (Å²) in [5.74, 6) is -0.306. The molecule has 0 saturated heterocycles. The van der Waals surface area contributed by atoms with E-state index in [0.717, 1.165) is 5.56 Å². The highest BCUT2D eigenvalue weighted by atomic mass is 16.2. The Morgan fingerprint density at radius 1 is 1.17 bits per heavy atom. The lowest BCUT2D eigenvalue weighted by Gasteiger charge is -2.22. The van der Waals surface area contributed by atoms with Crippen LogP contribution in [0.4, 0.5) is 0 Å². The molecule has 0 aliphatic heterocycles. The van der Waals surface area contributed by atoms with Crippen molar-refractivity contribution in [1.82, 2.24) is 20.2 Å². The lowest BCUT2D eigenvalue weighted by molar-refractivity contribution is -0.121. The van der Waals surface area contributed by atoms with Crippen LogP contribution in [-0.2, 0) is 11.3 Å². The number of amides is 2. The van der Waals surface area contributed by atoms with Gasteiger partial charge in [-0.3, -0.25) is 14.6 Å². The minimum Gasteiger partial charge on any atom is -0.354 e. The molecule has 1 aromatic carbocycles. The van der Waals surface area contributed by atoms with Crippen molar-refractivity contribution in [3.05, 3.63) is 60.2 Å². The molecule has 2 amide bonds. The van der Waals surface area contributed by atoms with E-state index in [4.69, 9.17) is 0 Å². The second-order valence-corrected chi connectivity index (χ2v) is 5.78. The molecular weight excluding hydrogens is 304 g/mol.